The van der Waals surface area contributed by atoms with Crippen molar-refractivity contribution >= 4 is 0 Å². The Hall–Kier alpha value is -0.0800. The van der Waals surface area contributed by atoms with Gasteiger partial charge < -0.3 is 4.90 Å². The molecule has 0 aromatic heterocycles. The van der Waals surface area contributed by atoms with Crippen LogP contribution in [0.5, 0.6) is 0 Å². The van der Waals surface area contributed by atoms with Crippen molar-refractivity contribution in [3.8, 4) is 0 Å². The summed E-state index contributed by atoms with van der Waals surface area (Å²) in [6, 6.07) is 0.897. The predicted molar refractivity (Wildman–Crippen MR) is 72.2 cm³/mol. The monoisotopic (exact) mass is 236 g/mol. The van der Waals surface area contributed by atoms with Crippen LogP contribution in [0.15, 0.2) is 0 Å². The summed E-state index contributed by atoms with van der Waals surface area (Å²) in [5.74, 6) is 1.99. The topological polar surface area (TPSA) is 6.48 Å². The molecule has 2 heteroatoms. The Morgan fingerprint density at radius 3 is 2.65 bits per heavy atom. The smallest absolute Gasteiger partial charge is 0.0223 e. The predicted octanol–water partition coefficient (Wildman–Crippen LogP) is 2.59. The lowest BCUT2D eigenvalue weighted by Gasteiger charge is -2.29. The zero-order valence-corrected chi connectivity index (χ0v) is 11.4. The lowest BCUT2D eigenvalue weighted by Crippen LogP contribution is -2.39. The summed E-state index contributed by atoms with van der Waals surface area (Å²) in [7, 11) is 0. The lowest BCUT2D eigenvalue weighted by molar-refractivity contribution is 0.186. The third-order valence-electron chi connectivity index (χ3n) is 5.42. The molecule has 0 bridgehead atoms. The van der Waals surface area contributed by atoms with Gasteiger partial charge in [-0.3, -0.25) is 4.90 Å². The van der Waals surface area contributed by atoms with Gasteiger partial charge >= 0.3 is 0 Å². The van der Waals surface area contributed by atoms with Crippen molar-refractivity contribution in [3.05, 3.63) is 0 Å². The number of nitrogens with zero attached hydrogens (tertiary/aromatic N) is 2. The molecule has 17 heavy (non-hydrogen) atoms. The van der Waals surface area contributed by atoms with Crippen LogP contribution in [0.4, 0.5) is 0 Å². The second-order valence-corrected chi connectivity index (χ2v) is 6.61. The fourth-order valence-electron chi connectivity index (χ4n) is 4.27. The molecule has 2 heterocycles. The van der Waals surface area contributed by atoms with Crippen molar-refractivity contribution in [2.45, 2.75) is 51.5 Å². The fourth-order valence-corrected chi connectivity index (χ4v) is 4.27. The summed E-state index contributed by atoms with van der Waals surface area (Å²) in [4.78, 5) is 5.54. The highest BCUT2D eigenvalue weighted by molar-refractivity contribution is 4.86. The molecule has 0 spiro atoms. The molecule has 3 aliphatic rings. The van der Waals surface area contributed by atoms with Crippen LogP contribution >= 0.6 is 0 Å². The van der Waals surface area contributed by atoms with Crippen LogP contribution in [0.25, 0.3) is 0 Å². The molecule has 0 N–H and O–H groups in total. The van der Waals surface area contributed by atoms with Crippen LogP contribution in [0.3, 0.4) is 0 Å². The van der Waals surface area contributed by atoms with Gasteiger partial charge in [0, 0.05) is 19.1 Å². The molecule has 1 aliphatic carbocycles. The third kappa shape index (κ3) is 2.68. The minimum atomic E-state index is 0.897. The molecule has 2 nitrogen and oxygen atoms in total. The summed E-state index contributed by atoms with van der Waals surface area (Å²) in [5.41, 5.74) is 0. The summed E-state index contributed by atoms with van der Waals surface area (Å²) in [6.07, 6.45) is 8.75. The van der Waals surface area contributed by atoms with E-state index in [-0.39, 0.29) is 0 Å². The molecule has 0 radical (unpaired) electrons. The first-order chi connectivity index (χ1) is 8.33. The normalized spacial score (nSPS) is 40.4. The van der Waals surface area contributed by atoms with Crippen LogP contribution in [0.1, 0.15) is 45.4 Å². The molecule has 0 aromatic carbocycles. The summed E-state index contributed by atoms with van der Waals surface area (Å²) >= 11 is 0. The quantitative estimate of drug-likeness (QED) is 0.727. The first kappa shape index (κ1) is 12.0. The van der Waals surface area contributed by atoms with Crippen molar-refractivity contribution < 1.29 is 0 Å². The Morgan fingerprint density at radius 2 is 1.82 bits per heavy atom. The van der Waals surface area contributed by atoms with E-state index in [2.05, 4.69) is 16.7 Å². The van der Waals surface area contributed by atoms with E-state index in [0.29, 0.717) is 0 Å². The van der Waals surface area contributed by atoms with Crippen LogP contribution in [0.2, 0.25) is 0 Å². The maximum Gasteiger partial charge on any atom is 0.0223 e. The molecular weight excluding hydrogens is 208 g/mol. The Bertz CT molecular complexity index is 253. The van der Waals surface area contributed by atoms with Crippen LogP contribution in [-0.2, 0) is 0 Å². The molecule has 1 saturated carbocycles. The fraction of sp³-hybridized carbons (Fsp3) is 1.00. The standard InChI is InChI=1S/C15H28N2/c1-13-5-2-6-14(13)11-16-8-4-10-17-9-3-7-15(17)12-16/h13-15H,2-12H2,1H3. The highest BCUT2D eigenvalue weighted by atomic mass is 15.3. The van der Waals surface area contributed by atoms with Gasteiger partial charge in [0.1, 0.15) is 0 Å². The molecule has 3 unspecified atom stereocenters. The lowest BCUT2D eigenvalue weighted by atomic mass is 9.97. The number of fused-ring (bicyclic) bond motifs is 1. The summed E-state index contributed by atoms with van der Waals surface area (Å²) < 4.78 is 0. The van der Waals surface area contributed by atoms with Gasteiger partial charge in [-0.2, -0.15) is 0 Å². The molecule has 2 saturated heterocycles. The van der Waals surface area contributed by atoms with Gasteiger partial charge in [-0.25, -0.2) is 0 Å². The third-order valence-corrected chi connectivity index (χ3v) is 5.42. The molecule has 3 atom stereocenters. The van der Waals surface area contributed by atoms with E-state index in [0.717, 1.165) is 17.9 Å². The van der Waals surface area contributed by atoms with E-state index < -0.39 is 0 Å². The first-order valence-corrected chi connectivity index (χ1v) is 7.79. The summed E-state index contributed by atoms with van der Waals surface area (Å²) in [6.45, 7) is 9.32. The van der Waals surface area contributed by atoms with Crippen molar-refractivity contribution in [3.63, 3.8) is 0 Å². The maximum absolute atomic E-state index is 2.79. The highest BCUT2D eigenvalue weighted by Crippen LogP contribution is 2.32. The highest BCUT2D eigenvalue weighted by Gasteiger charge is 2.31. The average molecular weight is 236 g/mol. The van der Waals surface area contributed by atoms with Gasteiger partial charge in [0.2, 0.25) is 0 Å². The van der Waals surface area contributed by atoms with Gasteiger partial charge in [-0.15, -0.1) is 0 Å². The molecule has 0 aromatic rings. The number of rotatable bonds is 2. The zero-order valence-electron chi connectivity index (χ0n) is 11.4. The SMILES string of the molecule is CC1CCCC1CN1CCCN2CCCC2C1. The van der Waals surface area contributed by atoms with Gasteiger partial charge in [-0.1, -0.05) is 19.8 Å². The molecule has 3 fully saturated rings. The minimum Gasteiger partial charge on any atom is -0.301 e. The van der Waals surface area contributed by atoms with Crippen LogP contribution in [-0.4, -0.2) is 48.6 Å². The van der Waals surface area contributed by atoms with E-state index >= 15 is 0 Å². The average Bonchev–Trinajstić information content (AvgIpc) is 2.86. The maximum atomic E-state index is 2.79. The van der Waals surface area contributed by atoms with E-state index in [1.165, 1.54) is 71.2 Å². The molecule has 0 amide bonds. The van der Waals surface area contributed by atoms with Crippen molar-refractivity contribution in [1.29, 1.82) is 0 Å². The van der Waals surface area contributed by atoms with E-state index in [1.807, 2.05) is 0 Å². The molecule has 3 rings (SSSR count). The Morgan fingerprint density at radius 1 is 0.941 bits per heavy atom. The van der Waals surface area contributed by atoms with E-state index in [4.69, 9.17) is 0 Å². The summed E-state index contributed by atoms with van der Waals surface area (Å²) in [5, 5.41) is 0. The van der Waals surface area contributed by atoms with Crippen LogP contribution < -0.4 is 0 Å². The van der Waals surface area contributed by atoms with Gasteiger partial charge in [0.25, 0.3) is 0 Å². The van der Waals surface area contributed by atoms with Gasteiger partial charge in [0.15, 0.2) is 0 Å². The second-order valence-electron chi connectivity index (χ2n) is 6.61. The molecule has 98 valence electrons. The van der Waals surface area contributed by atoms with Crippen molar-refractivity contribution in [1.82, 2.24) is 9.80 Å². The Labute approximate surface area is 106 Å². The van der Waals surface area contributed by atoms with Gasteiger partial charge in [0.05, 0.1) is 0 Å². The largest absolute Gasteiger partial charge is 0.301 e. The Kier molecular flexibility index (Phi) is 3.72. The van der Waals surface area contributed by atoms with Gasteiger partial charge in [-0.05, 0) is 57.2 Å². The van der Waals surface area contributed by atoms with E-state index in [9.17, 15) is 0 Å². The first-order valence-electron chi connectivity index (χ1n) is 7.79. The number of hydrogen-bond acceptors (Lipinski definition) is 2. The molecular formula is C15H28N2. The van der Waals surface area contributed by atoms with Crippen molar-refractivity contribution in [2.24, 2.45) is 11.8 Å². The van der Waals surface area contributed by atoms with Crippen LogP contribution in [0, 0.1) is 11.8 Å². The van der Waals surface area contributed by atoms with E-state index in [1.54, 1.807) is 0 Å². The second kappa shape index (κ2) is 5.27. The van der Waals surface area contributed by atoms with Crippen molar-refractivity contribution in [2.75, 3.05) is 32.7 Å². The minimum absolute atomic E-state index is 0.897. The zero-order chi connectivity index (χ0) is 11.7. The Balaban J connectivity index is 1.55. The molecule has 2 aliphatic heterocycles. The number of hydrogen-bond donors (Lipinski definition) is 0.